The van der Waals surface area contributed by atoms with Crippen molar-refractivity contribution in [3.8, 4) is 5.69 Å². The molecule has 0 spiro atoms. The van der Waals surface area contributed by atoms with Gasteiger partial charge in [0.1, 0.15) is 0 Å². The Bertz CT molecular complexity index is 1010. The van der Waals surface area contributed by atoms with E-state index in [2.05, 4.69) is 20.8 Å². The SMILES string of the molecule is Cc1ccc(C)c(-n2nnnc2SCC(=O)Nc2ccc(F)c(F)c2F)c1. The molecular formula is C17H14F3N5OS. The first kappa shape index (κ1) is 18.9. The van der Waals surface area contributed by atoms with E-state index in [0.717, 1.165) is 40.7 Å². The average Bonchev–Trinajstić information content (AvgIpc) is 3.11. The molecule has 0 saturated heterocycles. The lowest BCUT2D eigenvalue weighted by molar-refractivity contribution is -0.113. The third-order valence-corrected chi connectivity index (χ3v) is 4.59. The summed E-state index contributed by atoms with van der Waals surface area (Å²) in [5.41, 5.74) is 2.31. The summed E-state index contributed by atoms with van der Waals surface area (Å²) < 4.78 is 41.3. The van der Waals surface area contributed by atoms with Crippen LogP contribution in [0.3, 0.4) is 0 Å². The minimum Gasteiger partial charge on any atom is -0.323 e. The highest BCUT2D eigenvalue weighted by atomic mass is 32.2. The molecule has 0 aliphatic carbocycles. The average molecular weight is 393 g/mol. The van der Waals surface area contributed by atoms with Gasteiger partial charge in [0.25, 0.3) is 0 Å². The summed E-state index contributed by atoms with van der Waals surface area (Å²) in [5, 5.41) is 14.0. The number of benzene rings is 2. The molecule has 6 nitrogen and oxygen atoms in total. The third-order valence-electron chi connectivity index (χ3n) is 3.68. The van der Waals surface area contributed by atoms with E-state index in [0.29, 0.717) is 5.16 Å². The number of amides is 1. The van der Waals surface area contributed by atoms with E-state index in [1.54, 1.807) is 0 Å². The van der Waals surface area contributed by atoms with Crippen LogP contribution in [-0.2, 0) is 4.79 Å². The maximum absolute atomic E-state index is 13.6. The Morgan fingerprint density at radius 3 is 2.70 bits per heavy atom. The predicted octanol–water partition coefficient (Wildman–Crippen LogP) is 3.43. The van der Waals surface area contributed by atoms with E-state index in [9.17, 15) is 18.0 Å². The smallest absolute Gasteiger partial charge is 0.234 e. The molecule has 0 bridgehead atoms. The fraction of sp³-hybridized carbons (Fsp3) is 0.176. The normalized spacial score (nSPS) is 10.9. The van der Waals surface area contributed by atoms with Crippen molar-refractivity contribution < 1.29 is 18.0 Å². The summed E-state index contributed by atoms with van der Waals surface area (Å²) in [6, 6.07) is 7.49. The van der Waals surface area contributed by atoms with E-state index in [4.69, 9.17) is 0 Å². The molecule has 27 heavy (non-hydrogen) atoms. The molecule has 0 saturated carbocycles. The Morgan fingerprint density at radius 2 is 1.93 bits per heavy atom. The second-order valence-corrected chi connectivity index (χ2v) is 6.67. The molecule has 1 heterocycles. The Hall–Kier alpha value is -2.88. The molecule has 10 heteroatoms. The number of anilines is 1. The van der Waals surface area contributed by atoms with Crippen LogP contribution >= 0.6 is 11.8 Å². The van der Waals surface area contributed by atoms with Crippen molar-refractivity contribution in [2.45, 2.75) is 19.0 Å². The highest BCUT2D eigenvalue weighted by Gasteiger charge is 2.17. The highest BCUT2D eigenvalue weighted by Crippen LogP contribution is 2.23. The van der Waals surface area contributed by atoms with E-state index < -0.39 is 29.0 Å². The number of halogens is 3. The third kappa shape index (κ3) is 4.11. The lowest BCUT2D eigenvalue weighted by atomic mass is 10.1. The van der Waals surface area contributed by atoms with Gasteiger partial charge in [-0.2, -0.15) is 4.68 Å². The number of nitrogens with zero attached hydrogens (tertiary/aromatic N) is 4. The van der Waals surface area contributed by atoms with Crippen molar-refractivity contribution in [3.05, 3.63) is 58.9 Å². The molecule has 0 atom stereocenters. The molecule has 140 valence electrons. The van der Waals surface area contributed by atoms with Crippen LogP contribution in [0.4, 0.5) is 18.9 Å². The van der Waals surface area contributed by atoms with Crippen LogP contribution in [0.2, 0.25) is 0 Å². The molecular weight excluding hydrogens is 379 g/mol. The molecule has 0 aliphatic rings. The Morgan fingerprint density at radius 1 is 1.15 bits per heavy atom. The number of carbonyl (C=O) groups excluding carboxylic acids is 1. The van der Waals surface area contributed by atoms with E-state index in [-0.39, 0.29) is 5.75 Å². The van der Waals surface area contributed by atoms with Crippen LogP contribution in [0.1, 0.15) is 11.1 Å². The van der Waals surface area contributed by atoms with Gasteiger partial charge in [-0.05, 0) is 53.6 Å². The van der Waals surface area contributed by atoms with Crippen LogP contribution in [0, 0.1) is 31.3 Å². The molecule has 0 fully saturated rings. The van der Waals surface area contributed by atoms with Crippen molar-refractivity contribution in [1.82, 2.24) is 20.2 Å². The highest BCUT2D eigenvalue weighted by molar-refractivity contribution is 7.99. The van der Waals surface area contributed by atoms with Crippen molar-refractivity contribution in [2.24, 2.45) is 0 Å². The maximum Gasteiger partial charge on any atom is 0.234 e. The van der Waals surface area contributed by atoms with Gasteiger partial charge in [-0.3, -0.25) is 4.79 Å². The van der Waals surface area contributed by atoms with Crippen LogP contribution in [0.5, 0.6) is 0 Å². The first-order valence-electron chi connectivity index (χ1n) is 7.79. The summed E-state index contributed by atoms with van der Waals surface area (Å²) in [7, 11) is 0. The van der Waals surface area contributed by atoms with Crippen molar-refractivity contribution >= 4 is 23.4 Å². The number of tetrazole rings is 1. The summed E-state index contributed by atoms with van der Waals surface area (Å²) in [4.78, 5) is 12.0. The fourth-order valence-corrected chi connectivity index (χ4v) is 2.99. The van der Waals surface area contributed by atoms with Gasteiger partial charge >= 0.3 is 0 Å². The minimum atomic E-state index is -1.64. The monoisotopic (exact) mass is 393 g/mol. The second-order valence-electron chi connectivity index (χ2n) is 5.72. The van der Waals surface area contributed by atoms with Crippen LogP contribution in [0.25, 0.3) is 5.69 Å². The number of hydrogen-bond acceptors (Lipinski definition) is 5. The van der Waals surface area contributed by atoms with Crippen LogP contribution in [0.15, 0.2) is 35.5 Å². The quantitative estimate of drug-likeness (QED) is 0.531. The molecule has 0 unspecified atom stereocenters. The van der Waals surface area contributed by atoms with Crippen molar-refractivity contribution in [3.63, 3.8) is 0 Å². The van der Waals surface area contributed by atoms with Gasteiger partial charge in [-0.1, -0.05) is 23.9 Å². The molecule has 3 aromatic rings. The van der Waals surface area contributed by atoms with Gasteiger partial charge in [-0.25, -0.2) is 13.2 Å². The second kappa shape index (κ2) is 7.78. The lowest BCUT2D eigenvalue weighted by Crippen LogP contribution is -2.16. The lowest BCUT2D eigenvalue weighted by Gasteiger charge is -2.09. The topological polar surface area (TPSA) is 72.7 Å². The molecule has 1 N–H and O–H groups in total. The first-order chi connectivity index (χ1) is 12.9. The number of carbonyl (C=O) groups is 1. The number of hydrogen-bond donors (Lipinski definition) is 1. The number of aryl methyl sites for hydroxylation is 2. The molecule has 3 rings (SSSR count). The van der Waals surface area contributed by atoms with Gasteiger partial charge in [0, 0.05) is 0 Å². The number of rotatable bonds is 5. The van der Waals surface area contributed by atoms with Crippen molar-refractivity contribution in [1.29, 1.82) is 0 Å². The van der Waals surface area contributed by atoms with E-state index >= 15 is 0 Å². The summed E-state index contributed by atoms with van der Waals surface area (Å²) in [5.74, 6) is -5.18. The van der Waals surface area contributed by atoms with Gasteiger partial charge < -0.3 is 5.32 Å². The standard InChI is InChI=1S/C17H14F3N5OS/c1-9-3-4-10(2)13(7-9)25-17(22-23-24-25)27-8-14(26)21-12-6-5-11(18)15(19)16(12)20/h3-7H,8H2,1-2H3,(H,21,26). The van der Waals surface area contributed by atoms with E-state index in [1.165, 1.54) is 4.68 Å². The van der Waals surface area contributed by atoms with Crippen LogP contribution < -0.4 is 5.32 Å². The number of nitrogens with one attached hydrogen (secondary N) is 1. The Balaban J connectivity index is 1.71. The molecule has 0 radical (unpaired) electrons. The van der Waals surface area contributed by atoms with Crippen molar-refractivity contribution in [2.75, 3.05) is 11.1 Å². The Kier molecular flexibility index (Phi) is 5.45. The van der Waals surface area contributed by atoms with Gasteiger partial charge in [-0.15, -0.1) is 5.10 Å². The zero-order valence-corrected chi connectivity index (χ0v) is 15.1. The molecule has 1 amide bonds. The summed E-state index contributed by atoms with van der Waals surface area (Å²) >= 11 is 1.03. The zero-order valence-electron chi connectivity index (χ0n) is 14.3. The van der Waals surface area contributed by atoms with Gasteiger partial charge in [0.2, 0.25) is 11.1 Å². The Labute approximate surface area is 156 Å². The van der Waals surface area contributed by atoms with Gasteiger partial charge in [0.15, 0.2) is 17.5 Å². The fourth-order valence-electron chi connectivity index (χ4n) is 2.31. The molecule has 1 aromatic heterocycles. The van der Waals surface area contributed by atoms with Crippen LogP contribution in [-0.4, -0.2) is 31.9 Å². The summed E-state index contributed by atoms with van der Waals surface area (Å²) in [6.07, 6.45) is 0. The maximum atomic E-state index is 13.6. The largest absolute Gasteiger partial charge is 0.323 e. The zero-order chi connectivity index (χ0) is 19.6. The number of thioether (sulfide) groups is 1. The summed E-state index contributed by atoms with van der Waals surface area (Å²) in [6.45, 7) is 3.84. The van der Waals surface area contributed by atoms with Gasteiger partial charge in [0.05, 0.1) is 17.1 Å². The first-order valence-corrected chi connectivity index (χ1v) is 8.77. The molecule has 0 aliphatic heterocycles. The minimum absolute atomic E-state index is 0.149. The molecule has 2 aromatic carbocycles. The number of aromatic nitrogens is 4. The predicted molar refractivity (Wildman–Crippen MR) is 94.3 cm³/mol. The van der Waals surface area contributed by atoms with E-state index in [1.807, 2.05) is 32.0 Å².